The molecule has 36 heavy (non-hydrogen) atoms. The van der Waals surface area contributed by atoms with Crippen molar-refractivity contribution in [3.05, 3.63) is 83.6 Å². The normalized spacial score (nSPS) is 14.6. The Balaban J connectivity index is 1.77. The first-order valence-corrected chi connectivity index (χ1v) is 12.1. The fourth-order valence-corrected chi connectivity index (χ4v) is 4.63. The van der Waals surface area contributed by atoms with Gasteiger partial charge >= 0.3 is 0 Å². The first-order valence-electron chi connectivity index (χ1n) is 12.1. The van der Waals surface area contributed by atoms with Crippen LogP contribution in [0, 0.1) is 5.82 Å². The van der Waals surface area contributed by atoms with Gasteiger partial charge in [0.05, 0.1) is 20.5 Å². The Morgan fingerprint density at radius 2 is 1.75 bits per heavy atom. The maximum Gasteiger partial charge on any atom is 0.290 e. The molecule has 0 spiro atoms. The van der Waals surface area contributed by atoms with E-state index < -0.39 is 11.9 Å². The van der Waals surface area contributed by atoms with Gasteiger partial charge in [0.2, 0.25) is 5.91 Å². The molecule has 1 aliphatic rings. The van der Waals surface area contributed by atoms with Gasteiger partial charge in [-0.15, -0.1) is 0 Å². The third-order valence-electron chi connectivity index (χ3n) is 6.49. The highest BCUT2D eigenvalue weighted by Gasteiger charge is 2.35. The number of ether oxygens (including phenoxy) is 2. The number of nitrogens with zero attached hydrogens (tertiary/aromatic N) is 1. The van der Waals surface area contributed by atoms with Gasteiger partial charge in [-0.05, 0) is 60.4 Å². The molecule has 1 aromatic heterocycles. The molecule has 0 aliphatic heterocycles. The molecule has 190 valence electrons. The summed E-state index contributed by atoms with van der Waals surface area (Å²) in [5.41, 5.74) is 1.23. The minimum atomic E-state index is -0.991. The molecule has 1 heterocycles. The zero-order valence-corrected chi connectivity index (χ0v) is 20.5. The maximum absolute atomic E-state index is 13.9. The monoisotopic (exact) mass is 494 g/mol. The molecule has 1 aliphatic carbocycles. The summed E-state index contributed by atoms with van der Waals surface area (Å²) in [5.74, 6) is -0.0750. The molecule has 2 aromatic carbocycles. The van der Waals surface area contributed by atoms with Crippen molar-refractivity contribution in [1.82, 2.24) is 10.2 Å². The Hall–Kier alpha value is -3.81. The lowest BCUT2D eigenvalue weighted by atomic mass is 9.94. The predicted octanol–water partition coefficient (Wildman–Crippen LogP) is 5.27. The van der Waals surface area contributed by atoms with Crippen molar-refractivity contribution < 1.29 is 27.9 Å². The van der Waals surface area contributed by atoms with Crippen molar-refractivity contribution in [2.24, 2.45) is 0 Å². The summed E-state index contributed by atoms with van der Waals surface area (Å²) < 4.78 is 29.8. The van der Waals surface area contributed by atoms with E-state index in [4.69, 9.17) is 13.9 Å². The van der Waals surface area contributed by atoms with Gasteiger partial charge in [-0.1, -0.05) is 37.5 Å². The van der Waals surface area contributed by atoms with Crippen LogP contribution in [0.2, 0.25) is 0 Å². The highest BCUT2D eigenvalue weighted by molar-refractivity contribution is 5.96. The Labute approximate surface area is 210 Å². The van der Waals surface area contributed by atoms with Crippen molar-refractivity contribution in [2.75, 3.05) is 14.2 Å². The average Bonchev–Trinajstić information content (AvgIpc) is 3.44. The van der Waals surface area contributed by atoms with Crippen LogP contribution in [0.25, 0.3) is 0 Å². The molecule has 1 unspecified atom stereocenters. The van der Waals surface area contributed by atoms with Crippen LogP contribution in [0.15, 0.2) is 65.3 Å². The van der Waals surface area contributed by atoms with Crippen LogP contribution >= 0.6 is 0 Å². The first-order chi connectivity index (χ1) is 17.5. The molecule has 2 amide bonds. The molecular formula is C28H31FN2O5. The van der Waals surface area contributed by atoms with Gasteiger partial charge in [0.25, 0.3) is 5.91 Å². The van der Waals surface area contributed by atoms with E-state index in [0.29, 0.717) is 22.6 Å². The summed E-state index contributed by atoms with van der Waals surface area (Å²) >= 11 is 0. The van der Waals surface area contributed by atoms with E-state index in [1.807, 2.05) is 0 Å². The van der Waals surface area contributed by atoms with E-state index in [1.165, 1.54) is 37.5 Å². The van der Waals surface area contributed by atoms with Gasteiger partial charge < -0.3 is 24.1 Å². The summed E-state index contributed by atoms with van der Waals surface area (Å²) in [6.45, 7) is 0.0664. The lowest BCUT2D eigenvalue weighted by Crippen LogP contribution is -2.46. The number of benzene rings is 2. The van der Waals surface area contributed by atoms with E-state index in [-0.39, 0.29) is 30.1 Å². The van der Waals surface area contributed by atoms with Crippen LogP contribution < -0.4 is 14.8 Å². The zero-order valence-electron chi connectivity index (χ0n) is 20.5. The van der Waals surface area contributed by atoms with E-state index >= 15 is 0 Å². The molecule has 0 radical (unpaired) electrons. The number of nitrogens with one attached hydrogen (secondary N) is 1. The Morgan fingerprint density at radius 1 is 1.03 bits per heavy atom. The van der Waals surface area contributed by atoms with Crippen molar-refractivity contribution in [3.8, 4) is 11.5 Å². The highest BCUT2D eigenvalue weighted by Crippen LogP contribution is 2.34. The number of methoxy groups -OCH3 is 2. The summed E-state index contributed by atoms with van der Waals surface area (Å²) in [6, 6.07) is 13.3. The van der Waals surface area contributed by atoms with Gasteiger partial charge in [0, 0.05) is 12.6 Å². The molecule has 1 N–H and O–H groups in total. The van der Waals surface area contributed by atoms with Gasteiger partial charge in [-0.2, -0.15) is 0 Å². The van der Waals surface area contributed by atoms with Crippen molar-refractivity contribution in [3.63, 3.8) is 0 Å². The number of furan rings is 1. The lowest BCUT2D eigenvalue weighted by Gasteiger charge is -2.33. The van der Waals surface area contributed by atoms with Crippen molar-refractivity contribution >= 4 is 11.8 Å². The zero-order chi connectivity index (χ0) is 25.5. The number of hydrogen-bond donors (Lipinski definition) is 1. The van der Waals surface area contributed by atoms with Gasteiger partial charge in [-0.25, -0.2) is 4.39 Å². The first kappa shape index (κ1) is 25.3. The van der Waals surface area contributed by atoms with Crippen LogP contribution in [-0.4, -0.2) is 37.0 Å². The Kier molecular flexibility index (Phi) is 8.25. The summed E-state index contributed by atoms with van der Waals surface area (Å²) in [7, 11) is 3.05. The second-order valence-corrected chi connectivity index (χ2v) is 8.90. The third kappa shape index (κ3) is 5.87. The topological polar surface area (TPSA) is 81.0 Å². The van der Waals surface area contributed by atoms with E-state index in [9.17, 15) is 14.0 Å². The molecule has 1 saturated carbocycles. The third-order valence-corrected chi connectivity index (χ3v) is 6.49. The van der Waals surface area contributed by atoms with E-state index in [0.717, 1.165) is 32.1 Å². The van der Waals surface area contributed by atoms with Gasteiger partial charge in [0.15, 0.2) is 17.3 Å². The molecule has 4 rings (SSSR count). The van der Waals surface area contributed by atoms with Gasteiger partial charge in [0.1, 0.15) is 11.9 Å². The largest absolute Gasteiger partial charge is 0.493 e. The Bertz CT molecular complexity index is 1160. The lowest BCUT2D eigenvalue weighted by molar-refractivity contribution is -0.127. The minimum absolute atomic E-state index is 0.0419. The molecular weight excluding hydrogens is 463 g/mol. The number of amides is 2. The number of rotatable bonds is 9. The fraction of sp³-hybridized carbons (Fsp3) is 0.357. The summed E-state index contributed by atoms with van der Waals surface area (Å²) in [6.07, 6.45) is 6.46. The Morgan fingerprint density at radius 3 is 2.39 bits per heavy atom. The van der Waals surface area contributed by atoms with Crippen molar-refractivity contribution in [2.45, 2.75) is 50.7 Å². The average molecular weight is 495 g/mol. The molecule has 1 fully saturated rings. The maximum atomic E-state index is 13.9. The van der Waals surface area contributed by atoms with Crippen LogP contribution in [0.3, 0.4) is 0 Å². The molecule has 0 saturated heterocycles. The number of carbonyl (C=O) groups excluding carboxylic acids is 2. The SMILES string of the molecule is COc1ccc(C(C(=O)NC2CCCCC2)N(Cc2ccc(F)cc2)C(=O)c2ccco2)cc1OC. The van der Waals surface area contributed by atoms with Crippen LogP contribution in [0.5, 0.6) is 11.5 Å². The standard InChI is InChI=1S/C28H31FN2O5/c1-34-23-15-12-20(17-25(23)35-2)26(27(32)30-22-7-4-3-5-8-22)31(28(33)24-9-6-16-36-24)18-19-10-13-21(29)14-11-19/h6,9-17,22,26H,3-5,7-8,18H2,1-2H3,(H,30,32). The number of hydrogen-bond acceptors (Lipinski definition) is 5. The molecule has 8 heteroatoms. The molecule has 7 nitrogen and oxygen atoms in total. The number of carbonyl (C=O) groups is 2. The second-order valence-electron chi connectivity index (χ2n) is 8.90. The second kappa shape index (κ2) is 11.7. The smallest absolute Gasteiger partial charge is 0.290 e. The van der Waals surface area contributed by atoms with Crippen LogP contribution in [-0.2, 0) is 11.3 Å². The van der Waals surface area contributed by atoms with E-state index in [1.54, 1.807) is 42.5 Å². The number of halogens is 1. The van der Waals surface area contributed by atoms with Crippen LogP contribution in [0.4, 0.5) is 4.39 Å². The summed E-state index contributed by atoms with van der Waals surface area (Å²) in [5, 5.41) is 3.16. The minimum Gasteiger partial charge on any atom is -0.493 e. The fourth-order valence-electron chi connectivity index (χ4n) is 4.63. The molecule has 3 aromatic rings. The highest BCUT2D eigenvalue weighted by atomic mass is 19.1. The molecule has 1 atom stereocenters. The van der Waals surface area contributed by atoms with Crippen LogP contribution in [0.1, 0.15) is 59.8 Å². The quantitative estimate of drug-likeness (QED) is 0.438. The predicted molar refractivity (Wildman–Crippen MR) is 132 cm³/mol. The van der Waals surface area contributed by atoms with Gasteiger partial charge in [-0.3, -0.25) is 9.59 Å². The summed E-state index contributed by atoms with van der Waals surface area (Å²) in [4.78, 5) is 29.0. The van der Waals surface area contributed by atoms with Crippen molar-refractivity contribution in [1.29, 1.82) is 0 Å². The molecule has 0 bridgehead atoms. The van der Waals surface area contributed by atoms with E-state index in [2.05, 4.69) is 5.32 Å².